The lowest BCUT2D eigenvalue weighted by Crippen LogP contribution is -2.27. The normalized spacial score (nSPS) is 13.0. The summed E-state index contributed by atoms with van der Waals surface area (Å²) in [6.45, 7) is 5.45. The van der Waals surface area contributed by atoms with Crippen LogP contribution in [-0.2, 0) is 5.75 Å². The lowest BCUT2D eigenvalue weighted by molar-refractivity contribution is 0.532. The van der Waals surface area contributed by atoms with Gasteiger partial charge in [0.2, 0.25) is 0 Å². The summed E-state index contributed by atoms with van der Waals surface area (Å²) in [5.74, 6) is 2.95. The molecule has 1 heterocycles. The van der Waals surface area contributed by atoms with Crippen LogP contribution in [0.2, 0.25) is 5.22 Å². The van der Waals surface area contributed by atoms with Gasteiger partial charge in [0.05, 0.1) is 5.75 Å². The predicted octanol–water partition coefficient (Wildman–Crippen LogP) is 3.55. The second-order valence-electron chi connectivity index (χ2n) is 3.52. The zero-order valence-electron chi connectivity index (χ0n) is 9.25. The molecule has 2 nitrogen and oxygen atoms in total. The van der Waals surface area contributed by atoms with Crippen LogP contribution < -0.4 is 5.32 Å². The van der Waals surface area contributed by atoms with Gasteiger partial charge in [-0.1, -0.05) is 6.92 Å². The van der Waals surface area contributed by atoms with E-state index in [0.717, 1.165) is 23.8 Å². The highest BCUT2D eigenvalue weighted by molar-refractivity contribution is 7.98. The average Bonchev–Trinajstić information content (AvgIpc) is 2.63. The summed E-state index contributed by atoms with van der Waals surface area (Å²) >= 11 is 7.53. The highest BCUT2D eigenvalue weighted by Crippen LogP contribution is 2.18. The van der Waals surface area contributed by atoms with Gasteiger partial charge in [0, 0.05) is 18.3 Å². The summed E-state index contributed by atoms with van der Waals surface area (Å²) in [6, 6.07) is 4.33. The Balaban J connectivity index is 2.02. The van der Waals surface area contributed by atoms with E-state index in [1.165, 1.54) is 6.42 Å². The molecular formula is C11H18ClNOS. The zero-order chi connectivity index (χ0) is 11.1. The SMILES string of the molecule is CCC(C)NCCSCc1ccc(Cl)o1. The van der Waals surface area contributed by atoms with Crippen molar-refractivity contribution in [3.8, 4) is 0 Å². The first kappa shape index (κ1) is 12.9. The molecule has 86 valence electrons. The molecule has 0 aliphatic heterocycles. The molecule has 1 aromatic heterocycles. The Labute approximate surface area is 101 Å². The molecule has 1 aromatic rings. The maximum atomic E-state index is 5.67. The van der Waals surface area contributed by atoms with E-state index in [-0.39, 0.29) is 0 Å². The first-order valence-corrected chi connectivity index (χ1v) is 6.81. The Bertz CT molecular complexity index is 277. The molecule has 0 aliphatic rings. The van der Waals surface area contributed by atoms with E-state index in [2.05, 4.69) is 19.2 Å². The van der Waals surface area contributed by atoms with Gasteiger partial charge in [0.1, 0.15) is 5.76 Å². The monoisotopic (exact) mass is 247 g/mol. The number of hydrogen-bond donors (Lipinski definition) is 1. The zero-order valence-corrected chi connectivity index (χ0v) is 10.8. The summed E-state index contributed by atoms with van der Waals surface area (Å²) in [5.41, 5.74) is 0. The van der Waals surface area contributed by atoms with Crippen molar-refractivity contribution >= 4 is 23.4 Å². The number of furan rings is 1. The molecular weight excluding hydrogens is 230 g/mol. The molecule has 4 heteroatoms. The number of hydrogen-bond acceptors (Lipinski definition) is 3. The lowest BCUT2D eigenvalue weighted by atomic mass is 10.3. The fourth-order valence-electron chi connectivity index (χ4n) is 1.12. The molecule has 0 fully saturated rings. The maximum Gasteiger partial charge on any atom is 0.193 e. The van der Waals surface area contributed by atoms with Crippen molar-refractivity contribution in [3.05, 3.63) is 23.1 Å². The number of rotatable bonds is 7. The van der Waals surface area contributed by atoms with Gasteiger partial charge in [-0.05, 0) is 37.1 Å². The smallest absolute Gasteiger partial charge is 0.193 e. The van der Waals surface area contributed by atoms with Crippen LogP contribution in [0, 0.1) is 0 Å². The van der Waals surface area contributed by atoms with E-state index in [9.17, 15) is 0 Å². The van der Waals surface area contributed by atoms with E-state index in [0.29, 0.717) is 11.3 Å². The summed E-state index contributed by atoms with van der Waals surface area (Å²) < 4.78 is 5.26. The number of nitrogens with one attached hydrogen (secondary N) is 1. The van der Waals surface area contributed by atoms with Gasteiger partial charge in [-0.2, -0.15) is 11.8 Å². The molecule has 15 heavy (non-hydrogen) atoms. The third-order valence-electron chi connectivity index (χ3n) is 2.22. The molecule has 0 saturated heterocycles. The Kier molecular flexibility index (Phi) is 6.22. The van der Waals surface area contributed by atoms with Gasteiger partial charge in [-0.15, -0.1) is 0 Å². The molecule has 1 rings (SSSR count). The quantitative estimate of drug-likeness (QED) is 0.746. The van der Waals surface area contributed by atoms with Crippen LogP contribution >= 0.6 is 23.4 Å². The molecule has 1 unspecified atom stereocenters. The standard InChI is InChI=1S/C11H18ClNOS/c1-3-9(2)13-6-7-15-8-10-4-5-11(12)14-10/h4-5,9,13H,3,6-8H2,1-2H3. The van der Waals surface area contributed by atoms with Gasteiger partial charge >= 0.3 is 0 Å². The topological polar surface area (TPSA) is 25.2 Å². The largest absolute Gasteiger partial charge is 0.449 e. The van der Waals surface area contributed by atoms with Crippen molar-refractivity contribution in [2.24, 2.45) is 0 Å². The molecule has 0 saturated carbocycles. The highest BCUT2D eigenvalue weighted by atomic mass is 35.5. The van der Waals surface area contributed by atoms with Gasteiger partial charge in [0.15, 0.2) is 5.22 Å². The molecule has 0 bridgehead atoms. The Hall–Kier alpha value is -0.120. The van der Waals surface area contributed by atoms with Crippen molar-refractivity contribution in [2.45, 2.75) is 32.1 Å². The van der Waals surface area contributed by atoms with Crippen LogP contribution in [0.25, 0.3) is 0 Å². The molecule has 1 atom stereocenters. The first-order chi connectivity index (χ1) is 7.22. The van der Waals surface area contributed by atoms with Crippen LogP contribution in [0.4, 0.5) is 0 Å². The second kappa shape index (κ2) is 7.20. The predicted molar refractivity (Wildman–Crippen MR) is 67.6 cm³/mol. The van der Waals surface area contributed by atoms with Crippen LogP contribution in [0.3, 0.4) is 0 Å². The first-order valence-electron chi connectivity index (χ1n) is 5.27. The van der Waals surface area contributed by atoms with Crippen LogP contribution in [0.5, 0.6) is 0 Å². The van der Waals surface area contributed by atoms with Crippen molar-refractivity contribution in [1.29, 1.82) is 0 Å². The van der Waals surface area contributed by atoms with Gasteiger partial charge in [0.25, 0.3) is 0 Å². The minimum absolute atomic E-state index is 0.475. The van der Waals surface area contributed by atoms with Gasteiger partial charge in [-0.3, -0.25) is 0 Å². The van der Waals surface area contributed by atoms with Crippen molar-refractivity contribution in [3.63, 3.8) is 0 Å². The molecule has 0 aromatic carbocycles. The summed E-state index contributed by atoms with van der Waals surface area (Å²) in [5, 5.41) is 3.92. The number of halogens is 1. The van der Waals surface area contributed by atoms with Crippen LogP contribution in [0.1, 0.15) is 26.0 Å². The summed E-state index contributed by atoms with van der Waals surface area (Å²) in [6.07, 6.45) is 1.18. The average molecular weight is 248 g/mol. The van der Waals surface area contributed by atoms with E-state index < -0.39 is 0 Å². The third-order valence-corrected chi connectivity index (χ3v) is 3.41. The molecule has 0 radical (unpaired) electrons. The fourth-order valence-corrected chi connectivity index (χ4v) is 2.05. The van der Waals surface area contributed by atoms with E-state index in [4.69, 9.17) is 16.0 Å². The second-order valence-corrected chi connectivity index (χ2v) is 5.00. The Morgan fingerprint density at radius 2 is 2.33 bits per heavy atom. The van der Waals surface area contributed by atoms with Crippen LogP contribution in [-0.4, -0.2) is 18.3 Å². The van der Waals surface area contributed by atoms with E-state index in [1.807, 2.05) is 17.8 Å². The van der Waals surface area contributed by atoms with Gasteiger partial charge < -0.3 is 9.73 Å². The van der Waals surface area contributed by atoms with Gasteiger partial charge in [-0.25, -0.2) is 0 Å². The molecule has 0 amide bonds. The minimum Gasteiger partial charge on any atom is -0.449 e. The minimum atomic E-state index is 0.475. The lowest BCUT2D eigenvalue weighted by Gasteiger charge is -2.10. The third kappa shape index (κ3) is 5.50. The number of thioether (sulfide) groups is 1. The van der Waals surface area contributed by atoms with Crippen LogP contribution in [0.15, 0.2) is 16.5 Å². The van der Waals surface area contributed by atoms with E-state index >= 15 is 0 Å². The van der Waals surface area contributed by atoms with E-state index in [1.54, 1.807) is 6.07 Å². The molecule has 1 N–H and O–H groups in total. The van der Waals surface area contributed by atoms with Crippen molar-refractivity contribution in [1.82, 2.24) is 5.32 Å². The highest BCUT2D eigenvalue weighted by Gasteiger charge is 2.00. The Morgan fingerprint density at radius 1 is 1.53 bits per heavy atom. The fraction of sp³-hybridized carbons (Fsp3) is 0.636. The maximum absolute atomic E-state index is 5.67. The molecule has 0 spiro atoms. The molecule has 0 aliphatic carbocycles. The summed E-state index contributed by atoms with van der Waals surface area (Å²) in [4.78, 5) is 0. The summed E-state index contributed by atoms with van der Waals surface area (Å²) in [7, 11) is 0. The Morgan fingerprint density at radius 3 is 2.93 bits per heavy atom. The van der Waals surface area contributed by atoms with Crippen molar-refractivity contribution < 1.29 is 4.42 Å². The van der Waals surface area contributed by atoms with Crippen molar-refractivity contribution in [2.75, 3.05) is 12.3 Å².